The quantitative estimate of drug-likeness (QED) is 0.686. The molecule has 4 heteroatoms. The molecule has 0 aliphatic heterocycles. The Bertz CT molecular complexity index is 128. The minimum absolute atomic E-state index is 0.166. The lowest BCUT2D eigenvalue weighted by Crippen LogP contribution is -2.41. The van der Waals surface area contributed by atoms with Gasteiger partial charge in [0, 0.05) is 12.6 Å². The van der Waals surface area contributed by atoms with Crippen molar-refractivity contribution in [3.63, 3.8) is 0 Å². The molecule has 0 saturated carbocycles. The summed E-state index contributed by atoms with van der Waals surface area (Å²) < 4.78 is 24.0. The van der Waals surface area contributed by atoms with Crippen LogP contribution in [0, 0.1) is 5.92 Å². The molecule has 0 aliphatic carbocycles. The second-order valence-electron chi connectivity index (χ2n) is 4.39. The van der Waals surface area contributed by atoms with Crippen LogP contribution in [0.25, 0.3) is 0 Å². The Kier molecular flexibility index (Phi) is 7.01. The second kappa shape index (κ2) is 7.12. The van der Waals surface area contributed by atoms with E-state index in [-0.39, 0.29) is 12.6 Å². The summed E-state index contributed by atoms with van der Waals surface area (Å²) in [5.74, 6) is 0.533. The number of hydrogen-bond acceptors (Lipinski definition) is 2. The van der Waals surface area contributed by atoms with E-state index in [1.54, 1.807) is 0 Å². The Morgan fingerprint density at radius 2 is 1.79 bits per heavy atom. The SMILES string of the molecule is CC(C)CC(CN(C)C)NCC(F)F. The van der Waals surface area contributed by atoms with E-state index in [2.05, 4.69) is 19.2 Å². The molecule has 0 heterocycles. The first-order chi connectivity index (χ1) is 6.41. The van der Waals surface area contributed by atoms with Crippen LogP contribution in [0.15, 0.2) is 0 Å². The average molecular weight is 208 g/mol. The van der Waals surface area contributed by atoms with Crippen LogP contribution in [-0.2, 0) is 0 Å². The third-order valence-corrected chi connectivity index (χ3v) is 1.90. The van der Waals surface area contributed by atoms with Crippen LogP contribution in [-0.4, -0.2) is 44.6 Å². The lowest BCUT2D eigenvalue weighted by atomic mass is 10.0. The van der Waals surface area contributed by atoms with Gasteiger partial charge in [0.1, 0.15) is 0 Å². The van der Waals surface area contributed by atoms with E-state index in [9.17, 15) is 8.78 Å². The van der Waals surface area contributed by atoms with Crippen molar-refractivity contribution in [3.05, 3.63) is 0 Å². The van der Waals surface area contributed by atoms with E-state index >= 15 is 0 Å². The maximum atomic E-state index is 12.0. The van der Waals surface area contributed by atoms with Crippen LogP contribution in [0.3, 0.4) is 0 Å². The number of nitrogens with zero attached hydrogens (tertiary/aromatic N) is 1. The molecule has 0 bridgehead atoms. The van der Waals surface area contributed by atoms with Gasteiger partial charge in [0.25, 0.3) is 6.43 Å². The second-order valence-corrected chi connectivity index (χ2v) is 4.39. The van der Waals surface area contributed by atoms with Gasteiger partial charge in [-0.25, -0.2) is 8.78 Å². The van der Waals surface area contributed by atoms with Crippen molar-refractivity contribution in [2.24, 2.45) is 5.92 Å². The first kappa shape index (κ1) is 13.8. The van der Waals surface area contributed by atoms with Crippen molar-refractivity contribution in [1.82, 2.24) is 10.2 Å². The molecule has 0 amide bonds. The van der Waals surface area contributed by atoms with Gasteiger partial charge in [-0.05, 0) is 26.4 Å². The van der Waals surface area contributed by atoms with E-state index in [1.165, 1.54) is 0 Å². The Labute approximate surface area is 85.7 Å². The minimum Gasteiger partial charge on any atom is -0.308 e. The average Bonchev–Trinajstić information content (AvgIpc) is 1.97. The Balaban J connectivity index is 3.84. The van der Waals surface area contributed by atoms with Crippen LogP contribution >= 0.6 is 0 Å². The highest BCUT2D eigenvalue weighted by Gasteiger charge is 2.13. The monoisotopic (exact) mass is 208 g/mol. The molecule has 0 aliphatic rings. The number of likely N-dealkylation sites (N-methyl/N-ethyl adjacent to an activating group) is 1. The van der Waals surface area contributed by atoms with Gasteiger partial charge in [-0.15, -0.1) is 0 Å². The van der Waals surface area contributed by atoms with Crippen LogP contribution in [0.4, 0.5) is 8.78 Å². The molecule has 1 atom stereocenters. The third-order valence-electron chi connectivity index (χ3n) is 1.90. The van der Waals surface area contributed by atoms with Crippen molar-refractivity contribution in [1.29, 1.82) is 0 Å². The first-order valence-electron chi connectivity index (χ1n) is 5.08. The summed E-state index contributed by atoms with van der Waals surface area (Å²) in [6.45, 7) is 4.82. The normalized spacial score (nSPS) is 14.4. The molecule has 0 fully saturated rings. The molecular formula is C10H22F2N2. The molecule has 0 radical (unpaired) electrons. The van der Waals surface area contributed by atoms with Crippen molar-refractivity contribution in [2.45, 2.75) is 32.7 Å². The van der Waals surface area contributed by atoms with Gasteiger partial charge in [-0.3, -0.25) is 0 Å². The summed E-state index contributed by atoms with van der Waals surface area (Å²) in [6, 6.07) is 0.166. The molecule has 0 saturated heterocycles. The van der Waals surface area contributed by atoms with Gasteiger partial charge in [0.15, 0.2) is 0 Å². The van der Waals surface area contributed by atoms with Crippen LogP contribution in [0.2, 0.25) is 0 Å². The maximum Gasteiger partial charge on any atom is 0.250 e. The molecule has 1 N–H and O–H groups in total. The number of hydrogen-bond donors (Lipinski definition) is 1. The van der Waals surface area contributed by atoms with Gasteiger partial charge >= 0.3 is 0 Å². The van der Waals surface area contributed by atoms with Gasteiger partial charge in [-0.1, -0.05) is 13.8 Å². The number of rotatable bonds is 7. The summed E-state index contributed by atoms with van der Waals surface area (Å²) in [6.07, 6.45) is -1.32. The zero-order chi connectivity index (χ0) is 11.1. The standard InChI is InChI=1S/C10H22F2N2/c1-8(2)5-9(7-14(3)4)13-6-10(11)12/h8-10,13H,5-7H2,1-4H3. The van der Waals surface area contributed by atoms with Crippen molar-refractivity contribution < 1.29 is 8.78 Å². The van der Waals surface area contributed by atoms with Crippen molar-refractivity contribution in [3.8, 4) is 0 Å². The first-order valence-corrected chi connectivity index (χ1v) is 5.08. The van der Waals surface area contributed by atoms with E-state index in [0.717, 1.165) is 13.0 Å². The zero-order valence-electron chi connectivity index (χ0n) is 9.56. The fourth-order valence-electron chi connectivity index (χ4n) is 1.49. The highest BCUT2D eigenvalue weighted by atomic mass is 19.3. The topological polar surface area (TPSA) is 15.3 Å². The molecule has 0 aromatic carbocycles. The lowest BCUT2D eigenvalue weighted by Gasteiger charge is -2.23. The number of alkyl halides is 2. The highest BCUT2D eigenvalue weighted by Crippen LogP contribution is 2.06. The van der Waals surface area contributed by atoms with Gasteiger partial charge in [-0.2, -0.15) is 0 Å². The summed E-state index contributed by atoms with van der Waals surface area (Å²) in [4.78, 5) is 2.02. The lowest BCUT2D eigenvalue weighted by molar-refractivity contribution is 0.136. The predicted molar refractivity (Wildman–Crippen MR) is 55.8 cm³/mol. The predicted octanol–water partition coefficient (Wildman–Crippen LogP) is 1.82. The summed E-state index contributed by atoms with van der Waals surface area (Å²) in [7, 11) is 3.91. The molecule has 0 spiro atoms. The van der Waals surface area contributed by atoms with Crippen molar-refractivity contribution >= 4 is 0 Å². The third kappa shape index (κ3) is 8.38. The zero-order valence-corrected chi connectivity index (χ0v) is 9.56. The fourth-order valence-corrected chi connectivity index (χ4v) is 1.49. The van der Waals surface area contributed by atoms with E-state index in [4.69, 9.17) is 0 Å². The smallest absolute Gasteiger partial charge is 0.250 e. The van der Waals surface area contributed by atoms with Gasteiger partial charge < -0.3 is 10.2 Å². The summed E-state index contributed by atoms with van der Waals surface area (Å²) >= 11 is 0. The van der Waals surface area contributed by atoms with E-state index < -0.39 is 6.43 Å². The molecule has 0 rings (SSSR count). The van der Waals surface area contributed by atoms with E-state index in [1.807, 2.05) is 19.0 Å². The van der Waals surface area contributed by atoms with Gasteiger partial charge in [0.2, 0.25) is 0 Å². The number of halogens is 2. The van der Waals surface area contributed by atoms with Crippen molar-refractivity contribution in [2.75, 3.05) is 27.2 Å². The van der Waals surface area contributed by atoms with Gasteiger partial charge in [0.05, 0.1) is 6.54 Å². The number of nitrogens with one attached hydrogen (secondary N) is 1. The van der Waals surface area contributed by atoms with E-state index in [0.29, 0.717) is 5.92 Å². The Hall–Kier alpha value is -0.220. The maximum absolute atomic E-state index is 12.0. The Morgan fingerprint density at radius 1 is 1.21 bits per heavy atom. The molecule has 0 aromatic heterocycles. The fraction of sp³-hybridized carbons (Fsp3) is 1.00. The molecule has 2 nitrogen and oxygen atoms in total. The Morgan fingerprint density at radius 3 is 2.14 bits per heavy atom. The van der Waals surface area contributed by atoms with Crippen LogP contribution in [0.5, 0.6) is 0 Å². The molecule has 1 unspecified atom stereocenters. The molecular weight excluding hydrogens is 186 g/mol. The van der Waals surface area contributed by atoms with Crippen LogP contribution in [0.1, 0.15) is 20.3 Å². The molecule has 86 valence electrons. The van der Waals surface area contributed by atoms with Crippen LogP contribution < -0.4 is 5.32 Å². The largest absolute Gasteiger partial charge is 0.308 e. The minimum atomic E-state index is -2.26. The molecule has 14 heavy (non-hydrogen) atoms. The summed E-state index contributed by atoms with van der Waals surface area (Å²) in [5, 5.41) is 2.89. The summed E-state index contributed by atoms with van der Waals surface area (Å²) in [5.41, 5.74) is 0. The highest BCUT2D eigenvalue weighted by molar-refractivity contribution is 4.71. The molecule has 0 aromatic rings.